The molecule has 0 saturated carbocycles. The molecule has 0 saturated heterocycles. The summed E-state index contributed by atoms with van der Waals surface area (Å²) in [5.74, 6) is 0. The van der Waals surface area contributed by atoms with Crippen LogP contribution in [0.1, 0.15) is 0 Å². The SMILES string of the molecule is c1ccc(-c2cccc(-c3ccc(N(c4ccccc4)c4ccc(-c5ccc6[nH]c7ccccc7c6c5)cc4)cc3)c2)cc1. The molecule has 2 heteroatoms. The highest BCUT2D eigenvalue weighted by molar-refractivity contribution is 6.08. The van der Waals surface area contributed by atoms with E-state index in [9.17, 15) is 0 Å². The summed E-state index contributed by atoms with van der Waals surface area (Å²) < 4.78 is 0. The minimum Gasteiger partial charge on any atom is -0.355 e. The average Bonchev–Trinajstić information content (AvgIpc) is 3.48. The number of anilines is 3. The number of para-hydroxylation sites is 2. The lowest BCUT2D eigenvalue weighted by Gasteiger charge is -2.26. The molecule has 0 aliphatic rings. The van der Waals surface area contributed by atoms with Gasteiger partial charge in [-0.05, 0) is 94.0 Å². The lowest BCUT2D eigenvalue weighted by molar-refractivity contribution is 1.28. The van der Waals surface area contributed by atoms with E-state index in [4.69, 9.17) is 0 Å². The first-order chi connectivity index (χ1) is 21.8. The fourth-order valence-electron chi connectivity index (χ4n) is 6.17. The molecule has 44 heavy (non-hydrogen) atoms. The number of nitrogens with one attached hydrogen (secondary N) is 1. The summed E-state index contributed by atoms with van der Waals surface area (Å²) in [4.78, 5) is 5.85. The third kappa shape index (κ3) is 4.83. The second-order valence-electron chi connectivity index (χ2n) is 11.1. The molecular formula is C42H30N2. The first-order valence-corrected chi connectivity index (χ1v) is 15.0. The normalized spacial score (nSPS) is 11.2. The van der Waals surface area contributed by atoms with E-state index in [1.54, 1.807) is 0 Å². The molecule has 0 atom stereocenters. The Hall–Kier alpha value is -5.86. The van der Waals surface area contributed by atoms with Crippen molar-refractivity contribution >= 4 is 38.9 Å². The van der Waals surface area contributed by atoms with Crippen LogP contribution in [0.25, 0.3) is 55.2 Å². The van der Waals surface area contributed by atoms with Crippen molar-refractivity contribution in [2.24, 2.45) is 0 Å². The Morgan fingerprint density at radius 3 is 1.41 bits per heavy atom. The lowest BCUT2D eigenvalue weighted by atomic mass is 9.99. The maximum absolute atomic E-state index is 3.53. The molecule has 8 aromatic rings. The van der Waals surface area contributed by atoms with Crippen molar-refractivity contribution in [2.45, 2.75) is 0 Å². The third-order valence-corrected chi connectivity index (χ3v) is 8.41. The van der Waals surface area contributed by atoms with Crippen molar-refractivity contribution in [3.05, 3.63) is 176 Å². The summed E-state index contributed by atoms with van der Waals surface area (Å²) in [6.45, 7) is 0. The minimum absolute atomic E-state index is 1.12. The fraction of sp³-hybridized carbons (Fsp3) is 0. The van der Waals surface area contributed by atoms with Crippen LogP contribution < -0.4 is 4.90 Å². The number of fused-ring (bicyclic) bond motifs is 3. The van der Waals surface area contributed by atoms with Crippen molar-refractivity contribution in [3.63, 3.8) is 0 Å². The van der Waals surface area contributed by atoms with Gasteiger partial charge < -0.3 is 9.88 Å². The molecule has 0 unspecified atom stereocenters. The molecule has 0 radical (unpaired) electrons. The van der Waals surface area contributed by atoms with Crippen molar-refractivity contribution in [3.8, 4) is 33.4 Å². The Balaban J connectivity index is 1.13. The second-order valence-corrected chi connectivity index (χ2v) is 11.1. The summed E-state index contributed by atoms with van der Waals surface area (Å²) in [6.07, 6.45) is 0. The topological polar surface area (TPSA) is 19.0 Å². The zero-order valence-electron chi connectivity index (χ0n) is 24.2. The van der Waals surface area contributed by atoms with Crippen LogP contribution in [0, 0.1) is 0 Å². The summed E-state index contributed by atoms with van der Waals surface area (Å²) in [6, 6.07) is 62.8. The van der Waals surface area contributed by atoms with E-state index in [0.29, 0.717) is 0 Å². The summed E-state index contributed by atoms with van der Waals surface area (Å²) >= 11 is 0. The predicted octanol–water partition coefficient (Wildman–Crippen LogP) is 11.8. The third-order valence-electron chi connectivity index (χ3n) is 8.41. The molecule has 0 aliphatic heterocycles. The van der Waals surface area contributed by atoms with Crippen LogP contribution in [-0.4, -0.2) is 4.98 Å². The Morgan fingerprint density at radius 1 is 0.295 bits per heavy atom. The van der Waals surface area contributed by atoms with E-state index in [2.05, 4.69) is 186 Å². The number of H-pyrrole nitrogens is 1. The second kappa shape index (κ2) is 11.1. The molecule has 8 rings (SSSR count). The van der Waals surface area contributed by atoms with E-state index < -0.39 is 0 Å². The van der Waals surface area contributed by atoms with Gasteiger partial charge in [0.15, 0.2) is 0 Å². The zero-order valence-corrected chi connectivity index (χ0v) is 24.2. The molecule has 0 bridgehead atoms. The van der Waals surface area contributed by atoms with Crippen molar-refractivity contribution < 1.29 is 0 Å². The van der Waals surface area contributed by atoms with Gasteiger partial charge in [0.05, 0.1) is 0 Å². The number of aromatic nitrogens is 1. The maximum Gasteiger partial charge on any atom is 0.0465 e. The van der Waals surface area contributed by atoms with Gasteiger partial charge in [0.2, 0.25) is 0 Å². The van der Waals surface area contributed by atoms with Crippen LogP contribution in [0.5, 0.6) is 0 Å². The Bertz CT molecular complexity index is 2190. The molecule has 0 spiro atoms. The number of aromatic amines is 1. The number of nitrogens with zero attached hydrogens (tertiary/aromatic N) is 1. The van der Waals surface area contributed by atoms with Crippen molar-refractivity contribution in [1.29, 1.82) is 0 Å². The number of hydrogen-bond donors (Lipinski definition) is 1. The molecule has 7 aromatic carbocycles. The molecular weight excluding hydrogens is 532 g/mol. The largest absolute Gasteiger partial charge is 0.355 e. The quantitative estimate of drug-likeness (QED) is 0.214. The number of hydrogen-bond acceptors (Lipinski definition) is 1. The van der Waals surface area contributed by atoms with Gasteiger partial charge in [0, 0.05) is 38.9 Å². The van der Waals surface area contributed by atoms with E-state index in [0.717, 1.165) is 22.6 Å². The van der Waals surface area contributed by atoms with Crippen LogP contribution in [0.3, 0.4) is 0 Å². The Kier molecular flexibility index (Phi) is 6.51. The fourth-order valence-corrected chi connectivity index (χ4v) is 6.17. The molecule has 208 valence electrons. The van der Waals surface area contributed by atoms with Gasteiger partial charge in [-0.15, -0.1) is 0 Å². The molecule has 1 heterocycles. The standard InChI is InChI=1S/C42H30N2/c1-3-10-30(11-4-1)33-12-9-13-34(28-33)31-18-23-37(24-19-31)44(36-14-5-2-6-15-36)38-25-20-32(21-26-38)35-22-27-42-40(29-35)39-16-7-8-17-41(39)43-42/h1-29,43H. The van der Waals surface area contributed by atoms with Gasteiger partial charge in [-0.2, -0.15) is 0 Å². The predicted molar refractivity (Wildman–Crippen MR) is 187 cm³/mol. The molecule has 0 aliphatic carbocycles. The first kappa shape index (κ1) is 25.8. The van der Waals surface area contributed by atoms with Crippen molar-refractivity contribution in [2.75, 3.05) is 4.90 Å². The van der Waals surface area contributed by atoms with E-state index in [-0.39, 0.29) is 0 Å². The highest BCUT2D eigenvalue weighted by Crippen LogP contribution is 2.37. The van der Waals surface area contributed by atoms with Gasteiger partial charge in [0.25, 0.3) is 0 Å². The van der Waals surface area contributed by atoms with Crippen LogP contribution in [0.2, 0.25) is 0 Å². The Labute approximate surface area is 257 Å². The van der Waals surface area contributed by atoms with Crippen LogP contribution in [-0.2, 0) is 0 Å². The van der Waals surface area contributed by atoms with E-state index in [1.807, 2.05) is 0 Å². The van der Waals surface area contributed by atoms with Crippen LogP contribution in [0.15, 0.2) is 176 Å². The minimum atomic E-state index is 1.12. The van der Waals surface area contributed by atoms with Gasteiger partial charge >= 0.3 is 0 Å². The van der Waals surface area contributed by atoms with Crippen LogP contribution in [0.4, 0.5) is 17.1 Å². The number of rotatable bonds is 6. The van der Waals surface area contributed by atoms with Crippen LogP contribution >= 0.6 is 0 Å². The molecule has 1 N–H and O–H groups in total. The van der Waals surface area contributed by atoms with Gasteiger partial charge in [-0.1, -0.05) is 115 Å². The monoisotopic (exact) mass is 562 g/mol. The summed E-state index contributed by atoms with van der Waals surface area (Å²) in [5.41, 5.74) is 13.0. The highest BCUT2D eigenvalue weighted by atomic mass is 15.1. The Morgan fingerprint density at radius 2 is 0.750 bits per heavy atom. The van der Waals surface area contributed by atoms with Gasteiger partial charge in [-0.3, -0.25) is 0 Å². The average molecular weight is 563 g/mol. The van der Waals surface area contributed by atoms with Crippen molar-refractivity contribution in [1.82, 2.24) is 4.98 Å². The van der Waals surface area contributed by atoms with Gasteiger partial charge in [-0.25, -0.2) is 0 Å². The molecule has 0 amide bonds. The smallest absolute Gasteiger partial charge is 0.0465 e. The molecule has 0 fully saturated rings. The van der Waals surface area contributed by atoms with E-state index in [1.165, 1.54) is 49.7 Å². The van der Waals surface area contributed by atoms with Gasteiger partial charge in [0.1, 0.15) is 0 Å². The molecule has 2 nitrogen and oxygen atoms in total. The highest BCUT2D eigenvalue weighted by Gasteiger charge is 2.14. The number of benzene rings is 7. The summed E-state index contributed by atoms with van der Waals surface area (Å²) in [5, 5.41) is 2.51. The zero-order chi connectivity index (χ0) is 29.3. The first-order valence-electron chi connectivity index (χ1n) is 15.0. The van der Waals surface area contributed by atoms with E-state index >= 15 is 0 Å². The lowest BCUT2D eigenvalue weighted by Crippen LogP contribution is -2.09. The summed E-state index contributed by atoms with van der Waals surface area (Å²) in [7, 11) is 0. The maximum atomic E-state index is 3.53. The molecule has 1 aromatic heterocycles.